The lowest BCUT2D eigenvalue weighted by molar-refractivity contribution is 0.102. The van der Waals surface area contributed by atoms with Gasteiger partial charge in [-0.05, 0) is 30.3 Å². The van der Waals surface area contributed by atoms with Gasteiger partial charge >= 0.3 is 0 Å². The molecule has 0 aliphatic carbocycles. The van der Waals surface area contributed by atoms with E-state index in [1.54, 1.807) is 29.6 Å². The highest BCUT2D eigenvalue weighted by molar-refractivity contribution is 7.91. The van der Waals surface area contributed by atoms with Crippen molar-refractivity contribution in [2.24, 2.45) is 0 Å². The lowest BCUT2D eigenvalue weighted by Crippen LogP contribution is -2.13. The number of aromatic hydroxyl groups is 1. The molecule has 1 heterocycles. The molecule has 0 aliphatic heterocycles. The van der Waals surface area contributed by atoms with Crippen molar-refractivity contribution in [1.82, 2.24) is 4.98 Å². The molecule has 3 rings (SSSR count). The van der Waals surface area contributed by atoms with Crippen LogP contribution in [0.3, 0.4) is 0 Å². The number of sulfone groups is 1. The van der Waals surface area contributed by atoms with Gasteiger partial charge in [0.15, 0.2) is 9.84 Å². The van der Waals surface area contributed by atoms with Gasteiger partial charge in [-0.3, -0.25) is 4.79 Å². The van der Waals surface area contributed by atoms with Crippen molar-refractivity contribution in [3.8, 4) is 16.3 Å². The molecule has 0 unspecified atom stereocenters. The van der Waals surface area contributed by atoms with Crippen molar-refractivity contribution in [2.75, 3.05) is 11.1 Å². The van der Waals surface area contributed by atoms with Crippen LogP contribution < -0.4 is 5.32 Å². The van der Waals surface area contributed by atoms with E-state index in [9.17, 15) is 18.3 Å². The molecule has 27 heavy (non-hydrogen) atoms. The van der Waals surface area contributed by atoms with Gasteiger partial charge in [-0.25, -0.2) is 13.4 Å². The third kappa shape index (κ3) is 4.29. The molecule has 0 saturated heterocycles. The zero-order chi connectivity index (χ0) is 19.6. The average Bonchev–Trinajstić information content (AvgIpc) is 3.14. The number of hydrogen-bond donors (Lipinski definition) is 2. The van der Waals surface area contributed by atoms with Crippen LogP contribution >= 0.6 is 22.9 Å². The summed E-state index contributed by atoms with van der Waals surface area (Å²) >= 11 is 7.16. The third-order valence-electron chi connectivity index (χ3n) is 3.78. The van der Waals surface area contributed by atoms with Gasteiger partial charge < -0.3 is 10.4 Å². The zero-order valence-electron chi connectivity index (χ0n) is 14.1. The molecule has 0 radical (unpaired) electrons. The summed E-state index contributed by atoms with van der Waals surface area (Å²) in [4.78, 5) is 16.8. The predicted octanol–water partition coefficient (Wildman–Crippen LogP) is 4.22. The van der Waals surface area contributed by atoms with E-state index in [2.05, 4.69) is 10.3 Å². The second-order valence-corrected chi connectivity index (χ2v) is 9.15. The van der Waals surface area contributed by atoms with Crippen molar-refractivity contribution in [3.63, 3.8) is 0 Å². The summed E-state index contributed by atoms with van der Waals surface area (Å²) in [5, 5.41) is 15.3. The van der Waals surface area contributed by atoms with Gasteiger partial charge in [0.05, 0.1) is 16.3 Å². The van der Waals surface area contributed by atoms with Gasteiger partial charge in [-0.15, -0.1) is 11.3 Å². The van der Waals surface area contributed by atoms with Crippen LogP contribution in [0.1, 0.15) is 17.4 Å². The molecular formula is C18H15ClN2O4S2. The molecule has 140 valence electrons. The van der Waals surface area contributed by atoms with Crippen LogP contribution in [0.4, 0.5) is 5.69 Å². The van der Waals surface area contributed by atoms with E-state index in [0.717, 1.165) is 5.56 Å². The van der Waals surface area contributed by atoms with Crippen LogP contribution in [-0.2, 0) is 9.84 Å². The molecule has 0 atom stereocenters. The van der Waals surface area contributed by atoms with Crippen LogP contribution in [0.2, 0.25) is 5.02 Å². The predicted molar refractivity (Wildman–Crippen MR) is 106 cm³/mol. The Bertz CT molecular complexity index is 1090. The van der Waals surface area contributed by atoms with Gasteiger partial charge in [0.1, 0.15) is 16.5 Å². The first-order valence-electron chi connectivity index (χ1n) is 7.89. The first-order valence-corrected chi connectivity index (χ1v) is 10.8. The number of hydrogen-bond acceptors (Lipinski definition) is 6. The minimum absolute atomic E-state index is 0.00979. The largest absolute Gasteiger partial charge is 0.506 e. The summed E-state index contributed by atoms with van der Waals surface area (Å²) in [6, 6.07) is 10.8. The van der Waals surface area contributed by atoms with E-state index in [4.69, 9.17) is 11.6 Å². The molecule has 6 nitrogen and oxygen atoms in total. The minimum Gasteiger partial charge on any atom is -0.506 e. The molecule has 0 aliphatic rings. The molecular weight excluding hydrogens is 408 g/mol. The first-order chi connectivity index (χ1) is 12.8. The Hall–Kier alpha value is -2.42. The van der Waals surface area contributed by atoms with Gasteiger partial charge in [0, 0.05) is 16.0 Å². The summed E-state index contributed by atoms with van der Waals surface area (Å²) in [7, 11) is -3.46. The number of thiazole rings is 1. The lowest BCUT2D eigenvalue weighted by atomic mass is 10.2. The normalized spacial score (nSPS) is 11.3. The van der Waals surface area contributed by atoms with Crippen LogP contribution in [0.15, 0.2) is 52.7 Å². The highest BCUT2D eigenvalue weighted by Crippen LogP contribution is 2.29. The molecule has 2 aromatic carbocycles. The summed E-state index contributed by atoms with van der Waals surface area (Å²) < 4.78 is 24.0. The molecule has 1 amide bonds. The van der Waals surface area contributed by atoms with E-state index >= 15 is 0 Å². The number of phenols is 1. The molecule has 0 bridgehead atoms. The topological polar surface area (TPSA) is 96.4 Å². The Morgan fingerprint density at radius 3 is 2.59 bits per heavy atom. The van der Waals surface area contributed by atoms with E-state index in [0.29, 0.717) is 10.0 Å². The number of anilines is 1. The number of aromatic nitrogens is 1. The van der Waals surface area contributed by atoms with Crippen molar-refractivity contribution in [1.29, 1.82) is 0 Å². The van der Waals surface area contributed by atoms with Gasteiger partial charge in [0.25, 0.3) is 5.91 Å². The van der Waals surface area contributed by atoms with Crippen molar-refractivity contribution < 1.29 is 18.3 Å². The molecule has 9 heteroatoms. The van der Waals surface area contributed by atoms with Crippen LogP contribution in [0, 0.1) is 0 Å². The summed E-state index contributed by atoms with van der Waals surface area (Å²) in [6.45, 7) is 1.52. The third-order valence-corrected chi connectivity index (χ3v) is 6.66. The van der Waals surface area contributed by atoms with Gasteiger partial charge in [-0.1, -0.05) is 30.7 Å². The SMILES string of the molecule is CCS(=O)(=O)c1ccc(O)c(NC(=O)c2csc(-c3ccc(Cl)cc3)n2)c1. The second-order valence-electron chi connectivity index (χ2n) is 5.58. The summed E-state index contributed by atoms with van der Waals surface area (Å²) in [6.07, 6.45) is 0. The smallest absolute Gasteiger partial charge is 0.275 e. The molecule has 0 spiro atoms. The Morgan fingerprint density at radius 1 is 1.22 bits per heavy atom. The molecule has 3 aromatic rings. The van der Waals surface area contributed by atoms with Crippen LogP contribution in [-0.4, -0.2) is 30.2 Å². The highest BCUT2D eigenvalue weighted by atomic mass is 35.5. The fourth-order valence-corrected chi connectivity index (χ4v) is 4.10. The number of benzene rings is 2. The van der Waals surface area contributed by atoms with E-state index in [1.165, 1.54) is 36.5 Å². The first kappa shape index (κ1) is 19.3. The van der Waals surface area contributed by atoms with Crippen LogP contribution in [0.25, 0.3) is 10.6 Å². The average molecular weight is 423 g/mol. The van der Waals surface area contributed by atoms with E-state index < -0.39 is 15.7 Å². The second kappa shape index (κ2) is 7.67. The highest BCUT2D eigenvalue weighted by Gasteiger charge is 2.17. The van der Waals surface area contributed by atoms with Crippen LogP contribution in [0.5, 0.6) is 5.75 Å². The lowest BCUT2D eigenvalue weighted by Gasteiger charge is -2.08. The number of phenolic OH excluding ortho intramolecular Hbond substituents is 1. The van der Waals surface area contributed by atoms with Gasteiger partial charge in [0.2, 0.25) is 0 Å². The maximum Gasteiger partial charge on any atom is 0.275 e. The van der Waals surface area contributed by atoms with Crippen molar-refractivity contribution >= 4 is 44.4 Å². The minimum atomic E-state index is -3.46. The maximum atomic E-state index is 12.4. The number of rotatable bonds is 5. The quantitative estimate of drug-likeness (QED) is 0.600. The fraction of sp³-hybridized carbons (Fsp3) is 0.111. The Balaban J connectivity index is 1.84. The number of carbonyl (C=O) groups excluding carboxylic acids is 1. The number of carbonyl (C=O) groups is 1. The molecule has 1 aromatic heterocycles. The van der Waals surface area contributed by atoms with Gasteiger partial charge in [-0.2, -0.15) is 0 Å². The monoisotopic (exact) mass is 422 g/mol. The number of nitrogens with zero attached hydrogens (tertiary/aromatic N) is 1. The Morgan fingerprint density at radius 2 is 1.93 bits per heavy atom. The zero-order valence-corrected chi connectivity index (χ0v) is 16.5. The number of nitrogens with one attached hydrogen (secondary N) is 1. The summed E-state index contributed by atoms with van der Waals surface area (Å²) in [5.41, 5.74) is 0.992. The van der Waals surface area contributed by atoms with E-state index in [-0.39, 0.29) is 27.8 Å². The Kier molecular flexibility index (Phi) is 5.50. The number of halogens is 1. The number of amides is 1. The maximum absolute atomic E-state index is 12.4. The standard InChI is InChI=1S/C18H15ClN2O4S2/c1-2-27(24,25)13-7-8-16(22)14(9-13)20-17(23)15-10-26-18(21-15)11-3-5-12(19)6-4-11/h3-10,22H,2H2,1H3,(H,20,23). The molecule has 0 saturated carbocycles. The molecule has 2 N–H and O–H groups in total. The van der Waals surface area contributed by atoms with Crippen molar-refractivity contribution in [2.45, 2.75) is 11.8 Å². The molecule has 0 fully saturated rings. The summed E-state index contributed by atoms with van der Waals surface area (Å²) in [5.74, 6) is -0.860. The van der Waals surface area contributed by atoms with E-state index in [1.807, 2.05) is 0 Å². The van der Waals surface area contributed by atoms with Crippen molar-refractivity contribution in [3.05, 3.63) is 58.6 Å². The Labute approximate surface area is 165 Å². The fourth-order valence-electron chi connectivity index (χ4n) is 2.26.